The van der Waals surface area contributed by atoms with Crippen LogP contribution in [-0.2, 0) is 6.54 Å². The molecule has 0 amide bonds. The number of aromatic nitrogens is 3. The lowest BCUT2D eigenvalue weighted by Gasteiger charge is -2.20. The monoisotopic (exact) mass is 277 g/mol. The number of hydrogen-bond acceptors (Lipinski definition) is 6. The molecule has 0 spiro atoms. The molecule has 0 bridgehead atoms. The second kappa shape index (κ2) is 5.97. The first-order chi connectivity index (χ1) is 9.11. The zero-order valence-corrected chi connectivity index (χ0v) is 12.6. The number of thiazole rings is 1. The molecule has 6 heteroatoms. The van der Waals surface area contributed by atoms with Crippen LogP contribution in [0.15, 0.2) is 11.7 Å². The van der Waals surface area contributed by atoms with Crippen molar-refractivity contribution in [2.75, 3.05) is 23.8 Å². The fourth-order valence-corrected chi connectivity index (χ4v) is 2.66. The summed E-state index contributed by atoms with van der Waals surface area (Å²) in [5.74, 6) is 1.63. The summed E-state index contributed by atoms with van der Waals surface area (Å²) in [5.41, 5.74) is 4.05. The third kappa shape index (κ3) is 3.20. The molecule has 2 heterocycles. The smallest absolute Gasteiger partial charge is 0.224 e. The lowest BCUT2D eigenvalue weighted by atomic mass is 10.3. The Morgan fingerprint density at radius 1 is 1.32 bits per heavy atom. The maximum atomic E-state index is 4.56. The number of aryl methyl sites for hydroxylation is 2. The first-order valence-electron chi connectivity index (χ1n) is 6.29. The van der Waals surface area contributed by atoms with Crippen LogP contribution < -0.4 is 10.2 Å². The molecule has 0 aromatic carbocycles. The summed E-state index contributed by atoms with van der Waals surface area (Å²) in [6, 6.07) is 0. The molecule has 0 aliphatic rings. The Morgan fingerprint density at radius 2 is 2.11 bits per heavy atom. The van der Waals surface area contributed by atoms with Crippen molar-refractivity contribution in [1.29, 1.82) is 0 Å². The van der Waals surface area contributed by atoms with Crippen molar-refractivity contribution in [2.45, 2.75) is 27.3 Å². The topological polar surface area (TPSA) is 53.9 Å². The van der Waals surface area contributed by atoms with Crippen molar-refractivity contribution in [3.05, 3.63) is 27.8 Å². The number of nitrogens with zero attached hydrogens (tertiary/aromatic N) is 4. The van der Waals surface area contributed by atoms with Crippen LogP contribution in [-0.4, -0.2) is 28.5 Å². The molecule has 2 rings (SSSR count). The van der Waals surface area contributed by atoms with Gasteiger partial charge in [-0.1, -0.05) is 0 Å². The Hall–Kier alpha value is -1.69. The predicted molar refractivity (Wildman–Crippen MR) is 79.9 cm³/mol. The molecule has 0 aliphatic heterocycles. The molecule has 0 aliphatic carbocycles. The minimum atomic E-state index is 0.677. The highest BCUT2D eigenvalue weighted by Gasteiger charge is 2.11. The van der Waals surface area contributed by atoms with Gasteiger partial charge < -0.3 is 10.2 Å². The van der Waals surface area contributed by atoms with Gasteiger partial charge in [-0.2, -0.15) is 4.98 Å². The number of rotatable bonds is 5. The highest BCUT2D eigenvalue weighted by Crippen LogP contribution is 2.21. The summed E-state index contributed by atoms with van der Waals surface area (Å²) in [7, 11) is 2.05. The van der Waals surface area contributed by atoms with Gasteiger partial charge in [-0.05, 0) is 20.8 Å². The quantitative estimate of drug-likeness (QED) is 0.910. The molecule has 1 N–H and O–H groups in total. The van der Waals surface area contributed by atoms with Gasteiger partial charge in [0.25, 0.3) is 0 Å². The highest BCUT2D eigenvalue weighted by molar-refractivity contribution is 7.09. The molecule has 5 nitrogen and oxygen atoms in total. The Morgan fingerprint density at radius 3 is 2.74 bits per heavy atom. The van der Waals surface area contributed by atoms with Crippen molar-refractivity contribution < 1.29 is 0 Å². The van der Waals surface area contributed by atoms with E-state index in [0.29, 0.717) is 5.95 Å². The van der Waals surface area contributed by atoms with Crippen LogP contribution in [0.25, 0.3) is 0 Å². The van der Waals surface area contributed by atoms with E-state index in [1.165, 1.54) is 4.88 Å². The first-order valence-corrected chi connectivity index (χ1v) is 7.17. The molecular weight excluding hydrogens is 258 g/mol. The Bertz CT molecular complexity index is 552. The number of anilines is 2. The molecule has 2 aromatic heterocycles. The fraction of sp³-hybridized carbons (Fsp3) is 0.462. The van der Waals surface area contributed by atoms with Crippen molar-refractivity contribution in [2.24, 2.45) is 0 Å². The van der Waals surface area contributed by atoms with E-state index in [4.69, 9.17) is 0 Å². The lowest BCUT2D eigenvalue weighted by molar-refractivity contribution is 0.884. The normalized spacial score (nSPS) is 10.5. The average molecular weight is 277 g/mol. The molecular formula is C13H19N5S. The van der Waals surface area contributed by atoms with Crippen LogP contribution in [0.4, 0.5) is 11.8 Å². The van der Waals surface area contributed by atoms with Gasteiger partial charge in [-0.25, -0.2) is 9.97 Å². The number of hydrogen-bond donors (Lipinski definition) is 1. The number of nitrogens with one attached hydrogen (secondary N) is 1. The first kappa shape index (κ1) is 13.7. The Kier molecular flexibility index (Phi) is 4.31. The van der Waals surface area contributed by atoms with Crippen LogP contribution in [0.5, 0.6) is 0 Å². The van der Waals surface area contributed by atoms with Crippen molar-refractivity contribution >= 4 is 23.1 Å². The summed E-state index contributed by atoms with van der Waals surface area (Å²) < 4.78 is 0. The maximum absolute atomic E-state index is 4.56. The molecule has 0 radical (unpaired) electrons. The molecule has 0 saturated carbocycles. The standard InChI is InChI=1S/C13H19N5S/c1-5-14-13-15-6-9(2)12(17-13)18(4)7-11-10(3)16-8-19-11/h6,8H,5,7H2,1-4H3,(H,14,15,17). The average Bonchev–Trinajstić information content (AvgIpc) is 2.77. The van der Waals surface area contributed by atoms with Crippen molar-refractivity contribution in [3.63, 3.8) is 0 Å². The van der Waals surface area contributed by atoms with Gasteiger partial charge in [0, 0.05) is 30.2 Å². The van der Waals surface area contributed by atoms with Gasteiger partial charge in [0.05, 0.1) is 17.7 Å². The van der Waals surface area contributed by atoms with Gasteiger partial charge in [-0.15, -0.1) is 11.3 Å². The third-order valence-electron chi connectivity index (χ3n) is 2.87. The molecule has 2 aromatic rings. The van der Waals surface area contributed by atoms with E-state index < -0.39 is 0 Å². The summed E-state index contributed by atoms with van der Waals surface area (Å²) in [5, 5.41) is 3.14. The second-order valence-electron chi connectivity index (χ2n) is 4.45. The van der Waals surface area contributed by atoms with Crippen LogP contribution in [0.3, 0.4) is 0 Å². The summed E-state index contributed by atoms with van der Waals surface area (Å²) in [6.07, 6.45) is 1.86. The van der Waals surface area contributed by atoms with E-state index >= 15 is 0 Å². The van der Waals surface area contributed by atoms with E-state index in [1.807, 2.05) is 39.5 Å². The molecule has 0 saturated heterocycles. The lowest BCUT2D eigenvalue weighted by Crippen LogP contribution is -2.19. The Labute approximate surface area is 117 Å². The van der Waals surface area contributed by atoms with E-state index in [1.54, 1.807) is 11.3 Å². The van der Waals surface area contributed by atoms with Crippen LogP contribution >= 0.6 is 11.3 Å². The maximum Gasteiger partial charge on any atom is 0.224 e. The molecule has 0 unspecified atom stereocenters. The second-order valence-corrected chi connectivity index (χ2v) is 5.39. The minimum Gasteiger partial charge on any atom is -0.354 e. The molecule has 0 fully saturated rings. The van der Waals surface area contributed by atoms with Crippen molar-refractivity contribution in [1.82, 2.24) is 15.0 Å². The van der Waals surface area contributed by atoms with Crippen LogP contribution in [0.1, 0.15) is 23.1 Å². The van der Waals surface area contributed by atoms with E-state index in [0.717, 1.165) is 30.2 Å². The SMILES string of the molecule is CCNc1ncc(C)c(N(C)Cc2scnc2C)n1. The van der Waals surface area contributed by atoms with Gasteiger partial charge in [0.1, 0.15) is 5.82 Å². The van der Waals surface area contributed by atoms with Gasteiger partial charge in [-0.3, -0.25) is 0 Å². The fourth-order valence-electron chi connectivity index (χ4n) is 1.83. The van der Waals surface area contributed by atoms with Crippen LogP contribution in [0, 0.1) is 13.8 Å². The van der Waals surface area contributed by atoms with E-state index in [2.05, 4.69) is 25.2 Å². The summed E-state index contributed by atoms with van der Waals surface area (Å²) in [4.78, 5) is 16.5. The zero-order chi connectivity index (χ0) is 13.8. The van der Waals surface area contributed by atoms with Gasteiger partial charge >= 0.3 is 0 Å². The molecule has 102 valence electrons. The third-order valence-corrected chi connectivity index (χ3v) is 3.79. The van der Waals surface area contributed by atoms with E-state index in [9.17, 15) is 0 Å². The summed E-state index contributed by atoms with van der Waals surface area (Å²) in [6.45, 7) is 7.74. The summed E-state index contributed by atoms with van der Waals surface area (Å²) >= 11 is 1.68. The Balaban J connectivity index is 2.20. The predicted octanol–water partition coefficient (Wildman–Crippen LogP) is 2.62. The van der Waals surface area contributed by atoms with Gasteiger partial charge in [0.15, 0.2) is 0 Å². The zero-order valence-electron chi connectivity index (χ0n) is 11.8. The largest absolute Gasteiger partial charge is 0.354 e. The van der Waals surface area contributed by atoms with Gasteiger partial charge in [0.2, 0.25) is 5.95 Å². The van der Waals surface area contributed by atoms with Crippen molar-refractivity contribution in [3.8, 4) is 0 Å². The molecule has 19 heavy (non-hydrogen) atoms. The van der Waals surface area contributed by atoms with Crippen LogP contribution in [0.2, 0.25) is 0 Å². The minimum absolute atomic E-state index is 0.677. The van der Waals surface area contributed by atoms with E-state index in [-0.39, 0.29) is 0 Å². The molecule has 0 atom stereocenters. The highest BCUT2D eigenvalue weighted by atomic mass is 32.1.